The molecular formula is C23H28N4O5. The first-order valence-corrected chi connectivity index (χ1v) is 10.6. The molecule has 0 saturated carbocycles. The third-order valence-corrected chi connectivity index (χ3v) is 5.53. The molecule has 0 atom stereocenters. The van der Waals surface area contributed by atoms with Crippen LogP contribution in [0.25, 0.3) is 0 Å². The maximum absolute atomic E-state index is 12.5. The number of anilines is 1. The second kappa shape index (κ2) is 11.2. The van der Waals surface area contributed by atoms with Gasteiger partial charge in [0.25, 0.3) is 5.69 Å². The van der Waals surface area contributed by atoms with Crippen molar-refractivity contribution in [2.75, 3.05) is 45.2 Å². The van der Waals surface area contributed by atoms with E-state index < -0.39 is 4.92 Å². The van der Waals surface area contributed by atoms with Gasteiger partial charge in [-0.3, -0.25) is 24.6 Å². The molecule has 1 N–H and O–H groups in total. The molecule has 32 heavy (non-hydrogen) atoms. The Morgan fingerprint density at radius 1 is 1.00 bits per heavy atom. The zero-order valence-electron chi connectivity index (χ0n) is 18.2. The fourth-order valence-electron chi connectivity index (χ4n) is 3.57. The van der Waals surface area contributed by atoms with Gasteiger partial charge in [-0.05, 0) is 36.2 Å². The minimum Gasteiger partial charge on any atom is -0.497 e. The summed E-state index contributed by atoms with van der Waals surface area (Å²) in [5, 5.41) is 13.4. The van der Waals surface area contributed by atoms with Crippen LogP contribution >= 0.6 is 0 Å². The Morgan fingerprint density at radius 3 is 2.25 bits per heavy atom. The maximum atomic E-state index is 12.5. The number of carbonyl (C=O) groups excluding carboxylic acids is 2. The molecule has 170 valence electrons. The van der Waals surface area contributed by atoms with Gasteiger partial charge in [-0.2, -0.15) is 0 Å². The summed E-state index contributed by atoms with van der Waals surface area (Å²) in [6, 6.07) is 13.5. The second-order valence-electron chi connectivity index (χ2n) is 7.67. The predicted octanol–water partition coefficient (Wildman–Crippen LogP) is 2.71. The Morgan fingerprint density at radius 2 is 1.66 bits per heavy atom. The molecule has 9 heteroatoms. The standard InChI is InChI=1S/C23H28N4O5/c1-32-21-9-2-18(3-10-21)4-11-23(29)26-16-14-25(15-17-26)13-12-22(28)24-19-5-7-20(8-6-19)27(30)31/h2-3,5-10H,4,11-17H2,1H3,(H,24,28). The van der Waals surface area contributed by atoms with Crippen LogP contribution in [0.2, 0.25) is 0 Å². The lowest BCUT2D eigenvalue weighted by Crippen LogP contribution is -2.49. The van der Waals surface area contributed by atoms with Crippen molar-refractivity contribution in [1.29, 1.82) is 0 Å². The van der Waals surface area contributed by atoms with Gasteiger partial charge in [-0.15, -0.1) is 0 Å². The van der Waals surface area contributed by atoms with Crippen LogP contribution in [0.5, 0.6) is 5.75 Å². The Bertz CT molecular complexity index is 922. The van der Waals surface area contributed by atoms with Crippen molar-refractivity contribution >= 4 is 23.2 Å². The van der Waals surface area contributed by atoms with Crippen LogP contribution in [0.3, 0.4) is 0 Å². The zero-order valence-corrected chi connectivity index (χ0v) is 18.2. The highest BCUT2D eigenvalue weighted by molar-refractivity contribution is 5.90. The third kappa shape index (κ3) is 6.78. The number of amides is 2. The molecule has 1 fully saturated rings. The summed E-state index contributed by atoms with van der Waals surface area (Å²) in [5.74, 6) is 0.811. The molecule has 9 nitrogen and oxygen atoms in total. The van der Waals surface area contributed by atoms with Crippen LogP contribution < -0.4 is 10.1 Å². The Hall–Kier alpha value is -3.46. The minimum atomic E-state index is -0.477. The molecule has 3 rings (SSSR count). The largest absolute Gasteiger partial charge is 0.497 e. The lowest BCUT2D eigenvalue weighted by atomic mass is 10.1. The molecule has 2 aromatic rings. The Balaban J connectivity index is 1.34. The number of hydrogen-bond acceptors (Lipinski definition) is 6. The van der Waals surface area contributed by atoms with E-state index >= 15 is 0 Å². The molecule has 1 saturated heterocycles. The summed E-state index contributed by atoms with van der Waals surface area (Å²) < 4.78 is 5.15. The zero-order chi connectivity index (χ0) is 22.9. The van der Waals surface area contributed by atoms with Crippen LogP contribution in [0.1, 0.15) is 18.4 Å². The number of nitro benzene ring substituents is 1. The van der Waals surface area contributed by atoms with Crippen LogP contribution in [-0.2, 0) is 16.0 Å². The molecule has 2 amide bonds. The van der Waals surface area contributed by atoms with E-state index in [1.807, 2.05) is 29.2 Å². The van der Waals surface area contributed by atoms with Crippen LogP contribution in [0.15, 0.2) is 48.5 Å². The molecule has 0 bridgehead atoms. The van der Waals surface area contributed by atoms with Gasteiger partial charge in [0.15, 0.2) is 0 Å². The Kier molecular flexibility index (Phi) is 8.15. The van der Waals surface area contributed by atoms with E-state index in [4.69, 9.17) is 4.74 Å². The highest BCUT2D eigenvalue weighted by Gasteiger charge is 2.21. The predicted molar refractivity (Wildman–Crippen MR) is 121 cm³/mol. The van der Waals surface area contributed by atoms with Gasteiger partial charge in [0.2, 0.25) is 11.8 Å². The summed E-state index contributed by atoms with van der Waals surface area (Å²) in [4.78, 5) is 38.9. The van der Waals surface area contributed by atoms with Crippen molar-refractivity contribution in [2.45, 2.75) is 19.3 Å². The van der Waals surface area contributed by atoms with Crippen LogP contribution in [0.4, 0.5) is 11.4 Å². The highest BCUT2D eigenvalue weighted by Crippen LogP contribution is 2.16. The fourth-order valence-corrected chi connectivity index (χ4v) is 3.57. The number of rotatable bonds is 9. The van der Waals surface area contributed by atoms with Crippen molar-refractivity contribution in [1.82, 2.24) is 9.80 Å². The van der Waals surface area contributed by atoms with E-state index in [0.29, 0.717) is 44.6 Å². The van der Waals surface area contributed by atoms with Crippen molar-refractivity contribution in [2.24, 2.45) is 0 Å². The van der Waals surface area contributed by atoms with E-state index in [2.05, 4.69) is 10.2 Å². The number of ether oxygens (including phenoxy) is 1. The minimum absolute atomic E-state index is 0.0144. The van der Waals surface area contributed by atoms with E-state index in [1.54, 1.807) is 7.11 Å². The van der Waals surface area contributed by atoms with E-state index in [1.165, 1.54) is 24.3 Å². The van der Waals surface area contributed by atoms with Crippen molar-refractivity contribution in [3.63, 3.8) is 0 Å². The topological polar surface area (TPSA) is 105 Å². The molecule has 0 aliphatic carbocycles. The van der Waals surface area contributed by atoms with Gasteiger partial charge in [-0.1, -0.05) is 12.1 Å². The quantitative estimate of drug-likeness (QED) is 0.475. The van der Waals surface area contributed by atoms with E-state index in [-0.39, 0.29) is 17.5 Å². The third-order valence-electron chi connectivity index (χ3n) is 5.53. The average molecular weight is 441 g/mol. The van der Waals surface area contributed by atoms with Gasteiger partial charge in [0.1, 0.15) is 5.75 Å². The Labute approximate surface area is 187 Å². The van der Waals surface area contributed by atoms with Gasteiger partial charge in [0.05, 0.1) is 12.0 Å². The SMILES string of the molecule is COc1ccc(CCC(=O)N2CCN(CCC(=O)Nc3ccc([N+](=O)[O-])cc3)CC2)cc1. The number of hydrogen-bond donors (Lipinski definition) is 1. The van der Waals surface area contributed by atoms with Crippen LogP contribution in [-0.4, -0.2) is 66.4 Å². The molecule has 1 heterocycles. The average Bonchev–Trinajstić information content (AvgIpc) is 2.82. The molecular weight excluding hydrogens is 412 g/mol. The molecule has 1 aliphatic heterocycles. The lowest BCUT2D eigenvalue weighted by Gasteiger charge is -2.34. The summed E-state index contributed by atoms with van der Waals surface area (Å²) in [5.41, 5.74) is 1.63. The highest BCUT2D eigenvalue weighted by atomic mass is 16.6. The first kappa shape index (κ1) is 23.2. The van der Waals surface area contributed by atoms with Gasteiger partial charge >= 0.3 is 0 Å². The number of carbonyl (C=O) groups is 2. The lowest BCUT2D eigenvalue weighted by molar-refractivity contribution is -0.384. The normalized spacial score (nSPS) is 14.1. The maximum Gasteiger partial charge on any atom is 0.269 e. The number of non-ortho nitro benzene ring substituents is 1. The monoisotopic (exact) mass is 440 g/mol. The summed E-state index contributed by atoms with van der Waals surface area (Å²) in [6.45, 7) is 3.39. The number of methoxy groups -OCH3 is 1. The molecule has 1 aliphatic rings. The molecule has 0 unspecified atom stereocenters. The number of piperazine rings is 1. The molecule has 2 aromatic carbocycles. The van der Waals surface area contributed by atoms with Crippen LogP contribution in [0, 0.1) is 10.1 Å². The second-order valence-corrected chi connectivity index (χ2v) is 7.67. The smallest absolute Gasteiger partial charge is 0.269 e. The fraction of sp³-hybridized carbons (Fsp3) is 0.391. The molecule has 0 radical (unpaired) electrons. The number of benzene rings is 2. The van der Waals surface area contributed by atoms with Gasteiger partial charge < -0.3 is 15.0 Å². The van der Waals surface area contributed by atoms with Crippen molar-refractivity contribution < 1.29 is 19.2 Å². The summed E-state index contributed by atoms with van der Waals surface area (Å²) in [7, 11) is 1.63. The summed E-state index contributed by atoms with van der Waals surface area (Å²) >= 11 is 0. The van der Waals surface area contributed by atoms with E-state index in [9.17, 15) is 19.7 Å². The van der Waals surface area contributed by atoms with E-state index in [0.717, 1.165) is 24.4 Å². The van der Waals surface area contributed by atoms with Crippen molar-refractivity contribution in [3.05, 3.63) is 64.2 Å². The molecule has 0 aromatic heterocycles. The van der Waals surface area contributed by atoms with Crippen molar-refractivity contribution in [3.8, 4) is 5.75 Å². The number of nitro groups is 1. The first-order valence-electron chi connectivity index (χ1n) is 10.6. The van der Waals surface area contributed by atoms with Gasteiger partial charge in [-0.25, -0.2) is 0 Å². The molecule has 0 spiro atoms. The number of aryl methyl sites for hydroxylation is 1. The van der Waals surface area contributed by atoms with Gasteiger partial charge in [0, 0.05) is 63.4 Å². The number of nitrogens with one attached hydrogen (secondary N) is 1. The first-order chi connectivity index (χ1) is 15.4. The summed E-state index contributed by atoms with van der Waals surface area (Å²) in [6.07, 6.45) is 1.50. The number of nitrogens with zero attached hydrogens (tertiary/aromatic N) is 3.